The van der Waals surface area contributed by atoms with E-state index < -0.39 is 7.12 Å². The van der Waals surface area contributed by atoms with E-state index in [-0.39, 0.29) is 7.43 Å². The molecule has 25 aromatic rings. The molecule has 0 bridgehead atoms. The smallest absolute Gasteiger partial charge is 0.423 e. The number of halogens is 4. The molecule has 15 heteroatoms. The van der Waals surface area contributed by atoms with Gasteiger partial charge in [0.15, 0.2) is 0 Å². The molecule has 0 fully saturated rings. The lowest BCUT2D eigenvalue weighted by Gasteiger charge is -2.08. The normalized spacial score (nSPS) is 11.4. The van der Waals surface area contributed by atoms with Crippen LogP contribution in [0.5, 0.6) is 0 Å². The number of hydrogen-bond donors (Lipinski definition) is 2. The lowest BCUT2D eigenvalue weighted by atomic mass is 9.80. The first-order chi connectivity index (χ1) is 60.9. The van der Waals surface area contributed by atoms with Crippen molar-refractivity contribution in [2.24, 2.45) is 0 Å². The summed E-state index contributed by atoms with van der Waals surface area (Å²) in [4.78, 5) is 0. The minimum absolute atomic E-state index is 0. The predicted molar refractivity (Wildman–Crippen MR) is 550 cm³/mol. The second-order valence-corrected chi connectivity index (χ2v) is 37.5. The average molecular weight is 1850 g/mol. The van der Waals surface area contributed by atoms with Crippen molar-refractivity contribution in [3.8, 4) is 56.5 Å². The van der Waals surface area contributed by atoms with E-state index in [4.69, 9.17) is 28.5 Å². The summed E-state index contributed by atoms with van der Waals surface area (Å²) in [5, 5.41) is 47.0. The summed E-state index contributed by atoms with van der Waals surface area (Å²) < 4.78 is 19.6. The fraction of sp³-hybridized carbons (Fsp3) is 0.00909. The molecule has 0 saturated carbocycles. The zero-order chi connectivity index (χ0) is 83.6. The summed E-state index contributed by atoms with van der Waals surface area (Å²) in [5.74, 6) is 0. The summed E-state index contributed by atoms with van der Waals surface area (Å²) >= 11 is 26.6. The topological polar surface area (TPSA) is 79.0 Å². The number of nitrogens with zero attached hydrogens (tertiary/aromatic N) is 4. The first-order valence-corrected chi connectivity index (χ1v) is 46.0. The van der Waals surface area contributed by atoms with Gasteiger partial charge in [0.1, 0.15) is 0 Å². The zero-order valence-electron chi connectivity index (χ0n) is 65.9. The van der Waals surface area contributed by atoms with Crippen LogP contribution in [0, 0.1) is 11.3 Å². The van der Waals surface area contributed by atoms with Crippen LogP contribution in [0.25, 0.3) is 197 Å². The quantitative estimate of drug-likeness (QED) is 0.156. The van der Waals surface area contributed by atoms with Crippen LogP contribution in [0.2, 0.25) is 10.0 Å². The number of nitriles is 1. The number of aromatic nitrogens is 3. The Labute approximate surface area is 763 Å². The Kier molecular flexibility index (Phi) is 22.2. The van der Waals surface area contributed by atoms with E-state index in [2.05, 4.69) is 355 Å². The van der Waals surface area contributed by atoms with Gasteiger partial charge in [-0.2, -0.15) is 5.26 Å². The van der Waals surface area contributed by atoms with E-state index in [9.17, 15) is 10.0 Å². The second kappa shape index (κ2) is 34.4. The van der Waals surface area contributed by atoms with Crippen molar-refractivity contribution < 1.29 is 10.0 Å². The lowest BCUT2D eigenvalue weighted by molar-refractivity contribution is 0.426. The molecule has 0 saturated heterocycles. The van der Waals surface area contributed by atoms with Gasteiger partial charge in [-0.25, -0.2) is 0 Å². The van der Waals surface area contributed by atoms with E-state index in [1.54, 1.807) is 17.4 Å². The Balaban J connectivity index is 0.000000104. The van der Waals surface area contributed by atoms with Gasteiger partial charge in [-0.15, -0.1) is 45.3 Å². The maximum Gasteiger partial charge on any atom is 0.488 e. The van der Waals surface area contributed by atoms with E-state index in [1.807, 2.05) is 119 Å². The second-order valence-electron chi connectivity index (χ2n) is 30.5. The summed E-state index contributed by atoms with van der Waals surface area (Å²) in [5.41, 5.74) is 18.8. The molecule has 0 aliphatic rings. The molecule has 2 N–H and O–H groups in total. The van der Waals surface area contributed by atoms with Crippen molar-refractivity contribution in [3.05, 3.63) is 419 Å². The molecule has 0 radical (unpaired) electrons. The molecule has 18 aromatic carbocycles. The SMILES string of the molecule is Brc1ccc2sc3ccccc3c2c1.C.Clc1ccc2sc3ccc(-c4ccc5c(c4)c4ccccc4n5-c4ccccc4)cc3c2c1.Clc1ccc2sc3ccc(Br)cc3c2c1.N#Cc1ccc(-c2ccc3sc4ccc(-c5ccc6c(c5)c5ccccc5n6-c5ccccc5)cc4c3c2)cc1.OB(O)c1ccc2c(c1)c1ccccc1n2-c1ccccc1. The van der Waals surface area contributed by atoms with Crippen molar-refractivity contribution in [3.63, 3.8) is 0 Å². The van der Waals surface area contributed by atoms with Crippen molar-refractivity contribution in [2.45, 2.75) is 7.43 Å². The highest BCUT2D eigenvalue weighted by Gasteiger charge is 2.21. The zero-order valence-corrected chi connectivity index (χ0v) is 73.9. The maximum absolute atomic E-state index is 9.43. The molecule has 7 heterocycles. The highest BCUT2D eigenvalue weighted by Crippen LogP contribution is 2.45. The van der Waals surface area contributed by atoms with E-state index >= 15 is 0 Å². The predicted octanol–water partition coefficient (Wildman–Crippen LogP) is 33.2. The van der Waals surface area contributed by atoms with Crippen LogP contribution in [0.1, 0.15) is 13.0 Å². The van der Waals surface area contributed by atoms with Gasteiger partial charge in [-0.3, -0.25) is 0 Å². The molecular formula is C110H71BBr2Cl2N4O2S4. The van der Waals surface area contributed by atoms with Gasteiger partial charge in [-0.05, 0) is 251 Å². The number of hydrogen-bond acceptors (Lipinski definition) is 7. The molecule has 0 aliphatic carbocycles. The molecule has 7 aromatic heterocycles. The van der Waals surface area contributed by atoms with Crippen LogP contribution in [-0.4, -0.2) is 30.9 Å². The van der Waals surface area contributed by atoms with Crippen molar-refractivity contribution >= 4 is 259 Å². The number of thiophene rings is 4. The molecule has 0 unspecified atom stereocenters. The first kappa shape index (κ1) is 80.7. The molecular weight excluding hydrogens is 1780 g/mol. The van der Waals surface area contributed by atoms with E-state index in [0.717, 1.165) is 57.6 Å². The average Bonchev–Trinajstić information content (AvgIpc) is 1.60. The first-order valence-electron chi connectivity index (χ1n) is 40.4. The number of benzene rings is 18. The summed E-state index contributed by atoms with van der Waals surface area (Å²) in [6, 6.07) is 140. The fourth-order valence-corrected chi connectivity index (χ4v) is 22.6. The summed E-state index contributed by atoms with van der Waals surface area (Å²) in [7, 11) is -1.46. The van der Waals surface area contributed by atoms with Gasteiger partial charge in [-0.1, -0.05) is 244 Å². The Hall–Kier alpha value is -12.7. The van der Waals surface area contributed by atoms with Crippen LogP contribution in [-0.2, 0) is 0 Å². The Morgan fingerprint density at radius 2 is 0.520 bits per heavy atom. The fourth-order valence-electron chi connectivity index (χ4n) is 17.2. The maximum atomic E-state index is 9.43. The van der Waals surface area contributed by atoms with Gasteiger partial charge < -0.3 is 23.7 Å². The van der Waals surface area contributed by atoms with Crippen molar-refractivity contribution in [1.82, 2.24) is 13.7 Å². The van der Waals surface area contributed by atoms with E-state index in [1.165, 1.54) is 158 Å². The van der Waals surface area contributed by atoms with Gasteiger partial charge in [0, 0.05) is 149 Å². The molecule has 6 nitrogen and oxygen atoms in total. The van der Waals surface area contributed by atoms with Crippen LogP contribution in [0.3, 0.4) is 0 Å². The third kappa shape index (κ3) is 15.4. The minimum Gasteiger partial charge on any atom is -0.423 e. The van der Waals surface area contributed by atoms with E-state index in [0.29, 0.717) is 11.0 Å². The molecule has 0 spiro atoms. The highest BCUT2D eigenvalue weighted by atomic mass is 79.9. The molecule has 598 valence electrons. The van der Waals surface area contributed by atoms with Crippen molar-refractivity contribution in [1.29, 1.82) is 5.26 Å². The highest BCUT2D eigenvalue weighted by molar-refractivity contribution is 9.10. The van der Waals surface area contributed by atoms with Crippen LogP contribution in [0.4, 0.5) is 0 Å². The third-order valence-electron chi connectivity index (χ3n) is 23.0. The molecule has 0 amide bonds. The van der Waals surface area contributed by atoms with Crippen LogP contribution < -0.4 is 5.46 Å². The Morgan fingerprint density at radius 1 is 0.248 bits per heavy atom. The standard InChI is InChI=1S/C37H22N2S.C30H18ClNS.C18H14BNO2.C12H6BrClS.C12H7BrS.CH4/c38-23-24-10-12-25(13-11-24)26-15-18-36-32(21-26)33-22-28(16-19-37(33)40-36)27-14-17-35-31(20-27)30-8-4-5-9-34(30)39(35)29-6-2-1-3-7-29;31-21-12-15-30-26(18-21)25-17-20(11-14-29(25)33-30)19-10-13-28-24(16-19)23-8-4-5-9-27(23)32(28)22-6-2-1-3-7-22;21-19(22)13-10-11-18-16(12-13)15-8-4-5-9-17(15)20(18)14-6-2-1-3-7-14;13-7-1-3-11-9(5-7)10-6-8(14)2-4-12(10)15-11;13-8-5-6-12-10(7-8)9-3-1-2-4-11(9)14-12;/h1-22H;1-18H;1-12,21-22H;1-6H;1-7H;1H4. The van der Waals surface area contributed by atoms with Gasteiger partial charge in [0.05, 0.1) is 44.7 Å². The molecule has 125 heavy (non-hydrogen) atoms. The summed E-state index contributed by atoms with van der Waals surface area (Å²) in [6.07, 6.45) is 0. The van der Waals surface area contributed by atoms with Gasteiger partial charge in [0.2, 0.25) is 0 Å². The Morgan fingerprint density at radius 3 is 0.912 bits per heavy atom. The van der Waals surface area contributed by atoms with Gasteiger partial charge >= 0.3 is 7.12 Å². The monoisotopic (exact) mass is 1850 g/mol. The third-order valence-corrected chi connectivity index (χ3v) is 29.1. The summed E-state index contributed by atoms with van der Waals surface area (Å²) in [6.45, 7) is 0. The molecule has 0 atom stereocenters. The number of rotatable bonds is 7. The molecule has 25 rings (SSSR count). The largest absolute Gasteiger partial charge is 0.488 e. The Bertz CT molecular complexity index is 8450. The van der Waals surface area contributed by atoms with Crippen molar-refractivity contribution in [2.75, 3.05) is 0 Å². The number of fused-ring (bicyclic) bond motifs is 21. The van der Waals surface area contributed by atoms with Gasteiger partial charge in [0.25, 0.3) is 0 Å². The minimum atomic E-state index is -1.46. The van der Waals surface area contributed by atoms with Crippen LogP contribution in [0.15, 0.2) is 403 Å². The molecule has 0 aliphatic heterocycles. The van der Waals surface area contributed by atoms with Crippen LogP contribution >= 0.6 is 100 Å². The number of para-hydroxylation sites is 6. The lowest BCUT2D eigenvalue weighted by Crippen LogP contribution is -2.29.